The molecule has 1 fully saturated rings. The number of nitrogens with zero attached hydrogens (tertiary/aromatic N) is 1. The molecule has 0 unspecified atom stereocenters. The van der Waals surface area contributed by atoms with Crippen LogP contribution in [0.3, 0.4) is 0 Å². The summed E-state index contributed by atoms with van der Waals surface area (Å²) in [5.41, 5.74) is 1.78. The number of methoxy groups -OCH3 is 1. The molecule has 2 rings (SSSR count). The number of nitrogens with one attached hydrogen (secondary N) is 1. The minimum absolute atomic E-state index is 0.160. The predicted octanol–water partition coefficient (Wildman–Crippen LogP) is 1.59. The highest BCUT2D eigenvalue weighted by Gasteiger charge is 2.12. The molecule has 0 bridgehead atoms. The molecule has 3 nitrogen and oxygen atoms in total. The lowest BCUT2D eigenvalue weighted by Gasteiger charge is -2.27. The maximum absolute atomic E-state index is 13.9. The van der Waals surface area contributed by atoms with Crippen LogP contribution in [0.2, 0.25) is 0 Å². The average Bonchev–Trinajstić information content (AvgIpc) is 2.40. The fourth-order valence-corrected chi connectivity index (χ4v) is 2.35. The van der Waals surface area contributed by atoms with Crippen molar-refractivity contribution in [1.82, 2.24) is 10.2 Å². The fourth-order valence-electron chi connectivity index (χ4n) is 2.35. The van der Waals surface area contributed by atoms with Crippen LogP contribution in [-0.2, 0) is 6.42 Å². The van der Waals surface area contributed by atoms with Crippen LogP contribution in [-0.4, -0.2) is 44.7 Å². The van der Waals surface area contributed by atoms with E-state index in [1.165, 1.54) is 6.07 Å². The molecule has 0 aliphatic carbocycles. The average molecular weight is 252 g/mol. The van der Waals surface area contributed by atoms with Crippen LogP contribution < -0.4 is 10.1 Å². The van der Waals surface area contributed by atoms with Crippen LogP contribution in [0.25, 0.3) is 0 Å². The van der Waals surface area contributed by atoms with E-state index in [9.17, 15) is 4.39 Å². The molecule has 0 spiro atoms. The predicted molar refractivity (Wildman–Crippen MR) is 70.7 cm³/mol. The Morgan fingerprint density at radius 3 is 2.72 bits per heavy atom. The van der Waals surface area contributed by atoms with E-state index in [0.717, 1.165) is 50.3 Å². The van der Waals surface area contributed by atoms with E-state index in [2.05, 4.69) is 10.2 Å². The molecule has 1 aromatic carbocycles. The van der Waals surface area contributed by atoms with Crippen molar-refractivity contribution in [3.8, 4) is 5.75 Å². The van der Waals surface area contributed by atoms with Crippen molar-refractivity contribution in [1.29, 1.82) is 0 Å². The zero-order chi connectivity index (χ0) is 13.0. The molecule has 0 amide bonds. The van der Waals surface area contributed by atoms with E-state index in [0.29, 0.717) is 5.75 Å². The minimum Gasteiger partial charge on any atom is -0.496 e. The molecule has 0 atom stereocenters. The maximum Gasteiger partial charge on any atom is 0.130 e. The summed E-state index contributed by atoms with van der Waals surface area (Å²) in [6.45, 7) is 7.04. The Hall–Kier alpha value is -1.13. The van der Waals surface area contributed by atoms with Gasteiger partial charge in [-0.2, -0.15) is 0 Å². The Balaban J connectivity index is 1.98. The first-order chi connectivity index (χ1) is 8.70. The summed E-state index contributed by atoms with van der Waals surface area (Å²) in [6.07, 6.45) is 0.761. The number of rotatable bonds is 4. The normalized spacial score (nSPS) is 16.8. The number of ether oxygens (including phenoxy) is 1. The SMILES string of the molecule is COc1cc(F)c(CCN2CCNCC2)cc1C. The van der Waals surface area contributed by atoms with E-state index in [1.54, 1.807) is 7.11 Å². The molecule has 4 heteroatoms. The summed E-state index contributed by atoms with van der Waals surface area (Å²) in [7, 11) is 1.57. The van der Waals surface area contributed by atoms with Crippen LogP contribution in [0.5, 0.6) is 5.75 Å². The summed E-state index contributed by atoms with van der Waals surface area (Å²) in [5.74, 6) is 0.464. The number of aryl methyl sites for hydroxylation is 1. The van der Waals surface area contributed by atoms with Gasteiger partial charge in [0.05, 0.1) is 7.11 Å². The number of hydrogen-bond acceptors (Lipinski definition) is 3. The lowest BCUT2D eigenvalue weighted by molar-refractivity contribution is 0.243. The van der Waals surface area contributed by atoms with Gasteiger partial charge < -0.3 is 15.0 Å². The largest absolute Gasteiger partial charge is 0.496 e. The van der Waals surface area contributed by atoms with Gasteiger partial charge in [-0.3, -0.25) is 0 Å². The van der Waals surface area contributed by atoms with Gasteiger partial charge >= 0.3 is 0 Å². The Bertz CT molecular complexity index is 403. The Kier molecular flexibility index (Phi) is 4.55. The molecular formula is C14H21FN2O. The van der Waals surface area contributed by atoms with Crippen molar-refractivity contribution in [3.63, 3.8) is 0 Å². The molecule has 1 aromatic rings. The molecule has 0 saturated carbocycles. The van der Waals surface area contributed by atoms with Gasteiger partial charge in [-0.05, 0) is 30.5 Å². The molecule has 0 aromatic heterocycles. The van der Waals surface area contributed by atoms with Crippen LogP contribution >= 0.6 is 0 Å². The lowest BCUT2D eigenvalue weighted by Crippen LogP contribution is -2.44. The molecule has 1 aliphatic heterocycles. The van der Waals surface area contributed by atoms with E-state index in [1.807, 2.05) is 13.0 Å². The Morgan fingerprint density at radius 1 is 1.33 bits per heavy atom. The molecule has 0 radical (unpaired) electrons. The highest BCUT2D eigenvalue weighted by atomic mass is 19.1. The standard InChI is InChI=1S/C14H21FN2O/c1-11-9-12(13(15)10-14(11)18-2)3-6-17-7-4-16-5-8-17/h9-10,16H,3-8H2,1-2H3. The Labute approximate surface area is 108 Å². The molecular weight excluding hydrogens is 231 g/mol. The first-order valence-electron chi connectivity index (χ1n) is 6.47. The van der Waals surface area contributed by atoms with Crippen molar-refractivity contribution in [2.45, 2.75) is 13.3 Å². The topological polar surface area (TPSA) is 24.5 Å². The molecule has 18 heavy (non-hydrogen) atoms. The van der Waals surface area contributed by atoms with Gasteiger partial charge in [0.1, 0.15) is 11.6 Å². The molecule has 1 saturated heterocycles. The van der Waals surface area contributed by atoms with E-state index in [-0.39, 0.29) is 5.82 Å². The van der Waals surface area contributed by atoms with Gasteiger partial charge in [0.2, 0.25) is 0 Å². The first-order valence-corrected chi connectivity index (χ1v) is 6.47. The molecule has 1 N–H and O–H groups in total. The highest BCUT2D eigenvalue weighted by molar-refractivity contribution is 5.37. The number of hydrogen-bond donors (Lipinski definition) is 1. The first kappa shape index (κ1) is 13.3. The quantitative estimate of drug-likeness (QED) is 0.880. The second-order valence-electron chi connectivity index (χ2n) is 4.75. The van der Waals surface area contributed by atoms with Crippen LogP contribution in [0.4, 0.5) is 4.39 Å². The zero-order valence-electron chi connectivity index (χ0n) is 11.1. The van der Waals surface area contributed by atoms with E-state index >= 15 is 0 Å². The van der Waals surface area contributed by atoms with Crippen molar-refractivity contribution in [3.05, 3.63) is 29.1 Å². The van der Waals surface area contributed by atoms with Gasteiger partial charge in [-0.15, -0.1) is 0 Å². The van der Waals surface area contributed by atoms with E-state index < -0.39 is 0 Å². The van der Waals surface area contributed by atoms with Crippen molar-refractivity contribution < 1.29 is 9.13 Å². The fraction of sp³-hybridized carbons (Fsp3) is 0.571. The second kappa shape index (κ2) is 6.16. The van der Waals surface area contributed by atoms with Gasteiger partial charge in [-0.1, -0.05) is 0 Å². The summed E-state index contributed by atoms with van der Waals surface area (Å²) in [5, 5.41) is 3.32. The van der Waals surface area contributed by atoms with Gasteiger partial charge in [0, 0.05) is 38.8 Å². The van der Waals surface area contributed by atoms with Crippen LogP contribution in [0, 0.1) is 12.7 Å². The summed E-state index contributed by atoms with van der Waals surface area (Å²) in [6, 6.07) is 3.39. The van der Waals surface area contributed by atoms with Gasteiger partial charge in [-0.25, -0.2) is 4.39 Å². The smallest absolute Gasteiger partial charge is 0.130 e. The van der Waals surface area contributed by atoms with Crippen LogP contribution in [0.1, 0.15) is 11.1 Å². The third-order valence-corrected chi connectivity index (χ3v) is 3.47. The number of piperazine rings is 1. The van der Waals surface area contributed by atoms with Crippen molar-refractivity contribution in [2.24, 2.45) is 0 Å². The number of halogens is 1. The maximum atomic E-state index is 13.9. The van der Waals surface area contributed by atoms with Crippen molar-refractivity contribution >= 4 is 0 Å². The van der Waals surface area contributed by atoms with Gasteiger partial charge in [0.15, 0.2) is 0 Å². The monoisotopic (exact) mass is 252 g/mol. The second-order valence-corrected chi connectivity index (χ2v) is 4.75. The summed E-state index contributed by atoms with van der Waals surface area (Å²) < 4.78 is 19.0. The Morgan fingerprint density at radius 2 is 2.06 bits per heavy atom. The molecule has 1 heterocycles. The van der Waals surface area contributed by atoms with Gasteiger partial charge in [0.25, 0.3) is 0 Å². The zero-order valence-corrected chi connectivity index (χ0v) is 11.1. The third-order valence-electron chi connectivity index (χ3n) is 3.47. The summed E-state index contributed by atoms with van der Waals surface area (Å²) in [4.78, 5) is 2.37. The number of benzene rings is 1. The summed E-state index contributed by atoms with van der Waals surface area (Å²) >= 11 is 0. The van der Waals surface area contributed by atoms with Crippen molar-refractivity contribution in [2.75, 3.05) is 39.8 Å². The van der Waals surface area contributed by atoms with Crippen LogP contribution in [0.15, 0.2) is 12.1 Å². The lowest BCUT2D eigenvalue weighted by atomic mass is 10.1. The highest BCUT2D eigenvalue weighted by Crippen LogP contribution is 2.22. The molecule has 100 valence electrons. The third kappa shape index (κ3) is 3.21. The minimum atomic E-state index is -0.160. The van der Waals surface area contributed by atoms with E-state index in [4.69, 9.17) is 4.74 Å². The molecule has 1 aliphatic rings.